The maximum atomic E-state index is 10.9. The number of carbonyl (C=O) groups excluding carboxylic acids is 1. The van der Waals surface area contributed by atoms with Gasteiger partial charge in [0.25, 0.3) is 0 Å². The van der Waals surface area contributed by atoms with Gasteiger partial charge < -0.3 is 14.2 Å². The van der Waals surface area contributed by atoms with Crippen molar-refractivity contribution in [1.82, 2.24) is 0 Å². The van der Waals surface area contributed by atoms with Crippen molar-refractivity contribution in [2.45, 2.75) is 65.9 Å². The largest absolute Gasteiger partial charge is 0.497 e. The monoisotopic (exact) mass is 377 g/mol. The molecule has 1 saturated carbocycles. The summed E-state index contributed by atoms with van der Waals surface area (Å²) >= 11 is 0. The smallest absolute Gasteiger partial charge is 0.333 e. The average Bonchev–Trinajstić information content (AvgIpc) is 3.51. The summed E-state index contributed by atoms with van der Waals surface area (Å²) in [4.78, 5) is 10.9. The molecule has 0 atom stereocenters. The Morgan fingerprint density at radius 2 is 1.78 bits per heavy atom. The Kier molecular flexibility index (Phi) is 13.6. The molecule has 0 aromatic heterocycles. The minimum Gasteiger partial charge on any atom is -0.497 e. The second kappa shape index (κ2) is 14.8. The van der Waals surface area contributed by atoms with Crippen LogP contribution in [0, 0.1) is 5.41 Å². The second-order valence-electron chi connectivity index (χ2n) is 5.95. The summed E-state index contributed by atoms with van der Waals surface area (Å²) in [5, 5.41) is 7.35. The van der Waals surface area contributed by atoms with E-state index in [1.54, 1.807) is 14.0 Å². The van der Waals surface area contributed by atoms with Crippen LogP contribution in [-0.2, 0) is 20.7 Å². The molecule has 0 aliphatic heterocycles. The zero-order chi connectivity index (χ0) is 20.7. The highest BCUT2D eigenvalue weighted by atomic mass is 16.5. The van der Waals surface area contributed by atoms with Crippen LogP contribution >= 0.6 is 0 Å². The summed E-state index contributed by atoms with van der Waals surface area (Å²) in [7, 11) is 3.01. The van der Waals surface area contributed by atoms with Gasteiger partial charge in [-0.2, -0.15) is 0 Å². The van der Waals surface area contributed by atoms with Gasteiger partial charge >= 0.3 is 5.97 Å². The molecule has 1 aromatic carbocycles. The summed E-state index contributed by atoms with van der Waals surface area (Å²) in [5.74, 6) is 0.546. The van der Waals surface area contributed by atoms with Gasteiger partial charge in [-0.3, -0.25) is 5.41 Å². The molecule has 5 nitrogen and oxygen atoms in total. The third-order valence-corrected chi connectivity index (χ3v) is 3.65. The minimum absolute atomic E-state index is 0.0328. The highest BCUT2D eigenvalue weighted by Gasteiger charge is 2.24. The fourth-order valence-corrected chi connectivity index (χ4v) is 1.99. The van der Waals surface area contributed by atoms with Gasteiger partial charge in [0, 0.05) is 11.6 Å². The predicted molar refractivity (Wildman–Crippen MR) is 111 cm³/mol. The number of carbonyl (C=O) groups is 1. The number of unbranched alkanes of at least 4 members (excludes halogenated alkanes) is 1. The molecule has 1 fully saturated rings. The molecule has 0 unspecified atom stereocenters. The molecule has 152 valence electrons. The fourth-order valence-electron chi connectivity index (χ4n) is 1.99. The van der Waals surface area contributed by atoms with E-state index in [-0.39, 0.29) is 12.0 Å². The Morgan fingerprint density at radius 1 is 1.19 bits per heavy atom. The first-order valence-corrected chi connectivity index (χ1v) is 9.64. The molecule has 1 aliphatic carbocycles. The van der Waals surface area contributed by atoms with E-state index >= 15 is 0 Å². The van der Waals surface area contributed by atoms with Crippen LogP contribution in [-0.4, -0.2) is 32.2 Å². The van der Waals surface area contributed by atoms with E-state index in [1.807, 2.05) is 26.0 Å². The molecule has 5 heteroatoms. The lowest BCUT2D eigenvalue weighted by atomic mass is 10.1. The van der Waals surface area contributed by atoms with Crippen LogP contribution in [0.5, 0.6) is 5.75 Å². The zero-order valence-corrected chi connectivity index (χ0v) is 17.6. The molecule has 0 spiro atoms. The van der Waals surface area contributed by atoms with E-state index in [1.165, 1.54) is 38.0 Å². The molecule has 0 saturated heterocycles. The Bertz CT molecular complexity index is 574. The van der Waals surface area contributed by atoms with Crippen LogP contribution in [0.15, 0.2) is 35.9 Å². The Morgan fingerprint density at radius 3 is 2.22 bits per heavy atom. The average molecular weight is 378 g/mol. The van der Waals surface area contributed by atoms with Crippen molar-refractivity contribution >= 4 is 11.9 Å². The van der Waals surface area contributed by atoms with Crippen molar-refractivity contribution < 1.29 is 19.0 Å². The van der Waals surface area contributed by atoms with E-state index in [0.717, 1.165) is 18.6 Å². The minimum atomic E-state index is -0.427. The Balaban J connectivity index is 0.000000460. The summed E-state index contributed by atoms with van der Waals surface area (Å²) < 4.78 is 14.7. The van der Waals surface area contributed by atoms with Crippen LogP contribution in [0.1, 0.15) is 58.9 Å². The molecule has 27 heavy (non-hydrogen) atoms. The first-order chi connectivity index (χ1) is 13.0. The quantitative estimate of drug-likeness (QED) is 0.302. The molecule has 1 aromatic rings. The van der Waals surface area contributed by atoms with E-state index in [2.05, 4.69) is 23.8 Å². The van der Waals surface area contributed by atoms with Gasteiger partial charge in [0.05, 0.1) is 14.2 Å². The van der Waals surface area contributed by atoms with Crippen LogP contribution in [0.3, 0.4) is 0 Å². The maximum absolute atomic E-state index is 10.9. The zero-order valence-electron chi connectivity index (χ0n) is 17.6. The van der Waals surface area contributed by atoms with Gasteiger partial charge in [-0.25, -0.2) is 4.79 Å². The lowest BCUT2D eigenvalue weighted by molar-refractivity contribution is -0.136. The lowest BCUT2D eigenvalue weighted by Gasteiger charge is -2.02. The number of hydrogen-bond acceptors (Lipinski definition) is 5. The van der Waals surface area contributed by atoms with E-state index in [4.69, 9.17) is 14.9 Å². The van der Waals surface area contributed by atoms with Gasteiger partial charge in [0.15, 0.2) is 0 Å². The first-order valence-electron chi connectivity index (χ1n) is 9.64. The highest BCUT2D eigenvalue weighted by Crippen LogP contribution is 2.23. The van der Waals surface area contributed by atoms with Crippen molar-refractivity contribution in [1.29, 1.82) is 5.41 Å². The number of hydrogen-bond donors (Lipinski definition) is 1. The normalized spacial score (nSPS) is 12.6. The van der Waals surface area contributed by atoms with Gasteiger partial charge in [-0.1, -0.05) is 39.3 Å². The van der Waals surface area contributed by atoms with Crippen molar-refractivity contribution in [3.8, 4) is 5.75 Å². The van der Waals surface area contributed by atoms with E-state index in [9.17, 15) is 4.79 Å². The summed E-state index contributed by atoms with van der Waals surface area (Å²) in [6, 6.07) is 8.30. The van der Waals surface area contributed by atoms with Crippen molar-refractivity contribution in [3.05, 3.63) is 41.5 Å². The van der Waals surface area contributed by atoms with Gasteiger partial charge in [-0.05, 0) is 50.3 Å². The number of ether oxygens (including phenoxy) is 3. The highest BCUT2D eigenvalue weighted by molar-refractivity contribution is 5.96. The number of methoxy groups -OCH3 is 2. The molecule has 0 heterocycles. The number of aryl methyl sites for hydroxylation is 1. The number of esters is 1. The molecule has 0 radical (unpaired) electrons. The summed E-state index contributed by atoms with van der Waals surface area (Å²) in [6.45, 7) is 7.81. The standard InChI is InChI=1S/C11H16O.C9H13NO3.C2H6/c1-3-4-5-10-6-8-11(12-2)9-7-10;1-6(9(11)12-2)5-8(10)13-7-3-4-7;1-2/h6-9H,3-5H2,1-2H3;5,7,10H,3-4H2,1-2H3;1-2H3/b;6-5+,10-8?;. The van der Waals surface area contributed by atoms with Crippen molar-refractivity contribution in [2.75, 3.05) is 14.2 Å². The third kappa shape index (κ3) is 11.8. The Hall–Kier alpha value is -2.30. The summed E-state index contributed by atoms with van der Waals surface area (Å²) in [5.41, 5.74) is 1.78. The maximum Gasteiger partial charge on any atom is 0.333 e. The van der Waals surface area contributed by atoms with E-state index < -0.39 is 5.97 Å². The third-order valence-electron chi connectivity index (χ3n) is 3.65. The SMILES string of the molecule is CC.CCCCc1ccc(OC)cc1.COC(=O)/C(C)=C/C(=N)OC1CC1. The van der Waals surface area contributed by atoms with Crippen molar-refractivity contribution in [2.24, 2.45) is 0 Å². The molecule has 1 N–H and O–H groups in total. The predicted octanol–water partition coefficient (Wildman–Crippen LogP) is 5.33. The molecule has 0 bridgehead atoms. The lowest BCUT2D eigenvalue weighted by Crippen LogP contribution is -2.07. The van der Waals surface area contributed by atoms with Crippen LogP contribution in [0.2, 0.25) is 0 Å². The van der Waals surface area contributed by atoms with Crippen LogP contribution in [0.25, 0.3) is 0 Å². The number of nitrogens with one attached hydrogen (secondary N) is 1. The summed E-state index contributed by atoms with van der Waals surface area (Å²) in [6.07, 6.45) is 7.29. The molecule has 1 aliphatic rings. The molecule has 0 amide bonds. The number of rotatable bonds is 7. The second-order valence-corrected chi connectivity index (χ2v) is 5.95. The molecule has 2 rings (SSSR count). The Labute approximate surface area is 164 Å². The first kappa shape index (κ1) is 24.7. The van der Waals surface area contributed by atoms with E-state index in [0.29, 0.717) is 5.57 Å². The van der Waals surface area contributed by atoms with Crippen LogP contribution in [0.4, 0.5) is 0 Å². The van der Waals surface area contributed by atoms with Gasteiger partial charge in [0.2, 0.25) is 5.90 Å². The van der Waals surface area contributed by atoms with Gasteiger partial charge in [-0.15, -0.1) is 0 Å². The topological polar surface area (TPSA) is 68.6 Å². The van der Waals surface area contributed by atoms with Crippen molar-refractivity contribution in [3.63, 3.8) is 0 Å². The fraction of sp³-hybridized carbons (Fsp3) is 0.545. The molecular formula is C22H35NO4. The van der Waals surface area contributed by atoms with Crippen LogP contribution < -0.4 is 4.74 Å². The number of benzene rings is 1. The van der Waals surface area contributed by atoms with Gasteiger partial charge in [0.1, 0.15) is 11.9 Å². The molecular weight excluding hydrogens is 342 g/mol.